The van der Waals surface area contributed by atoms with Crippen LogP contribution >= 0.6 is 0 Å². The molecule has 0 spiro atoms. The quantitative estimate of drug-likeness (QED) is 0.582. The Labute approximate surface area is 162 Å². The van der Waals surface area contributed by atoms with Gasteiger partial charge in [-0.15, -0.1) is 0 Å². The van der Waals surface area contributed by atoms with Crippen LogP contribution in [0.3, 0.4) is 0 Å². The second-order valence-electron chi connectivity index (χ2n) is 6.26. The average Bonchev–Trinajstić information content (AvgIpc) is 3.10. The van der Waals surface area contributed by atoms with E-state index in [-0.39, 0.29) is 18.3 Å². The maximum absolute atomic E-state index is 11.4. The number of carbonyl (C=O) groups is 1. The molecule has 0 saturated heterocycles. The number of hydrogen-bond donors (Lipinski definition) is 2. The minimum Gasteiger partial charge on any atom is -0.504 e. The highest BCUT2D eigenvalue weighted by Crippen LogP contribution is 2.51. The smallest absolute Gasteiger partial charge is 0.330 e. The molecule has 1 aliphatic heterocycles. The third-order valence-electron chi connectivity index (χ3n) is 4.68. The van der Waals surface area contributed by atoms with Gasteiger partial charge in [0.2, 0.25) is 0 Å². The summed E-state index contributed by atoms with van der Waals surface area (Å²) in [4.78, 5) is 11.4. The Morgan fingerprint density at radius 3 is 2.54 bits per heavy atom. The molecule has 0 aromatic heterocycles. The predicted molar refractivity (Wildman–Crippen MR) is 102 cm³/mol. The van der Waals surface area contributed by atoms with Gasteiger partial charge in [-0.2, -0.15) is 0 Å². The average molecular weight is 386 g/mol. The Balaban J connectivity index is 2.02. The molecule has 7 nitrogen and oxygen atoms in total. The van der Waals surface area contributed by atoms with Gasteiger partial charge in [0.1, 0.15) is 6.10 Å². The SMILES string of the molecule is COC(=O)/C=C/c1cc(OC)c2c(c1)[C@H](CO)[C@@H](c1ccc(O)c(OC)c1)O2. The van der Waals surface area contributed by atoms with Gasteiger partial charge in [0.25, 0.3) is 0 Å². The lowest BCUT2D eigenvalue weighted by molar-refractivity contribution is -0.134. The Morgan fingerprint density at radius 1 is 1.14 bits per heavy atom. The highest BCUT2D eigenvalue weighted by atomic mass is 16.5. The molecule has 2 aromatic rings. The van der Waals surface area contributed by atoms with Crippen molar-refractivity contribution in [2.24, 2.45) is 0 Å². The number of phenolic OH excluding ortho intramolecular Hbond substituents is 1. The maximum atomic E-state index is 11.4. The number of aromatic hydroxyl groups is 1. The molecule has 0 amide bonds. The Bertz CT molecular complexity index is 904. The van der Waals surface area contributed by atoms with E-state index in [1.165, 1.54) is 33.5 Å². The molecule has 0 fully saturated rings. The van der Waals surface area contributed by atoms with Crippen LogP contribution in [0.1, 0.15) is 28.7 Å². The fraction of sp³-hybridized carbons (Fsp3) is 0.286. The number of aliphatic hydroxyl groups excluding tert-OH is 1. The van der Waals surface area contributed by atoms with E-state index >= 15 is 0 Å². The highest BCUT2D eigenvalue weighted by Gasteiger charge is 2.37. The molecule has 1 heterocycles. The summed E-state index contributed by atoms with van der Waals surface area (Å²) >= 11 is 0. The second-order valence-corrected chi connectivity index (χ2v) is 6.26. The van der Waals surface area contributed by atoms with Crippen molar-refractivity contribution in [2.45, 2.75) is 12.0 Å². The van der Waals surface area contributed by atoms with Crippen molar-refractivity contribution < 1.29 is 34.0 Å². The van der Waals surface area contributed by atoms with Gasteiger partial charge in [-0.05, 0) is 41.5 Å². The van der Waals surface area contributed by atoms with Gasteiger partial charge in [-0.25, -0.2) is 4.79 Å². The first-order valence-electron chi connectivity index (χ1n) is 8.64. The normalized spacial score (nSPS) is 17.9. The van der Waals surface area contributed by atoms with Crippen LogP contribution in [-0.4, -0.2) is 44.1 Å². The number of rotatable bonds is 6. The number of ether oxygens (including phenoxy) is 4. The zero-order valence-electron chi connectivity index (χ0n) is 15.8. The number of fused-ring (bicyclic) bond motifs is 1. The van der Waals surface area contributed by atoms with E-state index in [9.17, 15) is 15.0 Å². The highest BCUT2D eigenvalue weighted by molar-refractivity contribution is 5.87. The predicted octanol–water partition coefficient (Wildman–Crippen LogP) is 2.81. The van der Waals surface area contributed by atoms with Crippen molar-refractivity contribution in [1.82, 2.24) is 0 Å². The van der Waals surface area contributed by atoms with Crippen molar-refractivity contribution in [1.29, 1.82) is 0 Å². The summed E-state index contributed by atoms with van der Waals surface area (Å²) in [6, 6.07) is 8.51. The maximum Gasteiger partial charge on any atom is 0.330 e. The summed E-state index contributed by atoms with van der Waals surface area (Å²) in [5.41, 5.74) is 2.23. The zero-order valence-corrected chi connectivity index (χ0v) is 15.8. The molecule has 7 heteroatoms. The van der Waals surface area contributed by atoms with Gasteiger partial charge < -0.3 is 29.2 Å². The Hall–Kier alpha value is -3.19. The summed E-state index contributed by atoms with van der Waals surface area (Å²) in [7, 11) is 4.30. The molecule has 1 aliphatic rings. The molecule has 2 N–H and O–H groups in total. The monoisotopic (exact) mass is 386 g/mol. The molecule has 2 aromatic carbocycles. The number of methoxy groups -OCH3 is 3. The van der Waals surface area contributed by atoms with Gasteiger partial charge in [-0.3, -0.25) is 0 Å². The summed E-state index contributed by atoms with van der Waals surface area (Å²) in [5, 5.41) is 19.9. The van der Waals surface area contributed by atoms with Crippen LogP contribution in [0.2, 0.25) is 0 Å². The minimum absolute atomic E-state index is 0.0233. The first kappa shape index (κ1) is 19.6. The fourth-order valence-corrected chi connectivity index (χ4v) is 3.27. The van der Waals surface area contributed by atoms with Crippen molar-refractivity contribution in [2.75, 3.05) is 27.9 Å². The van der Waals surface area contributed by atoms with Crippen molar-refractivity contribution in [3.63, 3.8) is 0 Å². The standard InChI is InChI=1S/C21H22O7/c1-25-17-10-13(5-6-16(17)23)20-15(11-22)14-8-12(4-7-19(24)27-3)9-18(26-2)21(14)28-20/h4-10,15,20,22-23H,11H2,1-3H3/b7-4+/t15-,20+/m0/s1. The van der Waals surface area contributed by atoms with Gasteiger partial charge in [0.05, 0.1) is 33.9 Å². The lowest BCUT2D eigenvalue weighted by atomic mass is 9.90. The molecule has 148 valence electrons. The van der Waals surface area contributed by atoms with E-state index in [1.807, 2.05) is 6.07 Å². The molecule has 0 saturated carbocycles. The van der Waals surface area contributed by atoms with Crippen LogP contribution in [-0.2, 0) is 9.53 Å². The van der Waals surface area contributed by atoms with Crippen molar-refractivity contribution in [3.8, 4) is 23.0 Å². The van der Waals surface area contributed by atoms with E-state index < -0.39 is 12.1 Å². The number of benzene rings is 2. The van der Waals surface area contributed by atoms with E-state index in [4.69, 9.17) is 14.2 Å². The number of aliphatic hydroxyl groups is 1. The number of esters is 1. The molecule has 0 unspecified atom stereocenters. The summed E-state index contributed by atoms with van der Waals surface area (Å²) in [6.45, 7) is -0.159. The molecule has 2 atom stereocenters. The lowest BCUT2D eigenvalue weighted by Gasteiger charge is -2.18. The largest absolute Gasteiger partial charge is 0.504 e. The molecule has 3 rings (SSSR count). The van der Waals surface area contributed by atoms with E-state index in [2.05, 4.69) is 4.74 Å². The van der Waals surface area contributed by atoms with Crippen LogP contribution in [0.15, 0.2) is 36.4 Å². The minimum atomic E-state index is -0.483. The van der Waals surface area contributed by atoms with Crippen LogP contribution in [0.25, 0.3) is 6.08 Å². The van der Waals surface area contributed by atoms with Gasteiger partial charge in [0.15, 0.2) is 23.0 Å². The Kier molecular flexibility index (Phi) is 5.75. The van der Waals surface area contributed by atoms with E-state index in [1.54, 1.807) is 24.3 Å². The number of phenols is 1. The van der Waals surface area contributed by atoms with Gasteiger partial charge in [-0.1, -0.05) is 6.07 Å². The second kappa shape index (κ2) is 8.22. The summed E-state index contributed by atoms with van der Waals surface area (Å²) in [6.07, 6.45) is 2.44. The first-order chi connectivity index (χ1) is 13.5. The van der Waals surface area contributed by atoms with Crippen LogP contribution in [0, 0.1) is 0 Å². The van der Waals surface area contributed by atoms with Crippen LogP contribution < -0.4 is 14.2 Å². The fourth-order valence-electron chi connectivity index (χ4n) is 3.27. The summed E-state index contributed by atoms with van der Waals surface area (Å²) in [5.74, 6) is 0.549. The van der Waals surface area contributed by atoms with Crippen molar-refractivity contribution >= 4 is 12.0 Å². The van der Waals surface area contributed by atoms with E-state index in [0.29, 0.717) is 22.8 Å². The summed E-state index contributed by atoms with van der Waals surface area (Å²) < 4.78 is 21.4. The number of hydrogen-bond acceptors (Lipinski definition) is 7. The Morgan fingerprint density at radius 2 is 1.89 bits per heavy atom. The topological polar surface area (TPSA) is 94.5 Å². The molecular formula is C21H22O7. The van der Waals surface area contributed by atoms with Gasteiger partial charge in [0, 0.05) is 11.6 Å². The van der Waals surface area contributed by atoms with Gasteiger partial charge >= 0.3 is 5.97 Å². The molecule has 0 radical (unpaired) electrons. The van der Waals surface area contributed by atoms with Crippen molar-refractivity contribution in [3.05, 3.63) is 53.1 Å². The molecule has 28 heavy (non-hydrogen) atoms. The molecule has 0 aliphatic carbocycles. The number of carbonyl (C=O) groups excluding carboxylic acids is 1. The van der Waals surface area contributed by atoms with Crippen LogP contribution in [0.4, 0.5) is 0 Å². The van der Waals surface area contributed by atoms with Crippen LogP contribution in [0.5, 0.6) is 23.0 Å². The molecule has 0 bridgehead atoms. The third kappa shape index (κ3) is 3.61. The zero-order chi connectivity index (χ0) is 20.3. The molecular weight excluding hydrogens is 364 g/mol. The third-order valence-corrected chi connectivity index (χ3v) is 4.68. The lowest BCUT2D eigenvalue weighted by Crippen LogP contribution is -2.13. The first-order valence-corrected chi connectivity index (χ1v) is 8.64. The van der Waals surface area contributed by atoms with E-state index in [0.717, 1.165) is 11.1 Å².